The van der Waals surface area contributed by atoms with E-state index in [0.29, 0.717) is 12.1 Å². The van der Waals surface area contributed by atoms with Crippen LogP contribution in [0.25, 0.3) is 0 Å². The van der Waals surface area contributed by atoms with Gasteiger partial charge in [0, 0.05) is 38.9 Å². The molecular formula is C19H28N4O2. The van der Waals surface area contributed by atoms with Gasteiger partial charge in [-0.05, 0) is 39.4 Å². The van der Waals surface area contributed by atoms with Gasteiger partial charge >= 0.3 is 0 Å². The highest BCUT2D eigenvalue weighted by Crippen LogP contribution is 2.18. The van der Waals surface area contributed by atoms with Gasteiger partial charge in [-0.25, -0.2) is 4.98 Å². The van der Waals surface area contributed by atoms with E-state index in [2.05, 4.69) is 47.1 Å². The summed E-state index contributed by atoms with van der Waals surface area (Å²) in [5.41, 5.74) is 1.90. The molecule has 1 fully saturated rings. The Hall–Kier alpha value is -1.92. The zero-order chi connectivity index (χ0) is 17.8. The molecule has 1 aromatic heterocycles. The third-order valence-electron chi connectivity index (χ3n) is 4.74. The lowest BCUT2D eigenvalue weighted by Crippen LogP contribution is -2.45. The normalized spacial score (nSPS) is 24.8. The molecule has 0 spiro atoms. The molecule has 0 aliphatic carbocycles. The maximum absolute atomic E-state index is 12.3. The van der Waals surface area contributed by atoms with Crippen LogP contribution in [-0.4, -0.2) is 67.8 Å². The van der Waals surface area contributed by atoms with Crippen molar-refractivity contribution in [2.24, 2.45) is 0 Å². The van der Waals surface area contributed by atoms with E-state index in [0.717, 1.165) is 38.4 Å². The van der Waals surface area contributed by atoms with E-state index in [-0.39, 0.29) is 18.1 Å². The largest absolute Gasteiger partial charge is 0.372 e. The van der Waals surface area contributed by atoms with Crippen LogP contribution in [0.2, 0.25) is 0 Å². The number of aromatic nitrogens is 1. The zero-order valence-corrected chi connectivity index (χ0v) is 15.4. The van der Waals surface area contributed by atoms with Crippen molar-refractivity contribution in [2.75, 3.05) is 44.7 Å². The second-order valence-corrected chi connectivity index (χ2v) is 7.12. The Morgan fingerprint density at radius 1 is 1.32 bits per heavy atom. The Bertz CT molecular complexity index is 619. The number of carbonyl (C=O) groups excluding carboxylic acids is 1. The Morgan fingerprint density at radius 2 is 2.08 bits per heavy atom. The molecule has 1 N–H and O–H groups in total. The quantitative estimate of drug-likeness (QED) is 0.843. The summed E-state index contributed by atoms with van der Waals surface area (Å²) in [6.07, 6.45) is 5.26. The molecule has 3 heterocycles. The minimum atomic E-state index is -0.0670. The highest BCUT2D eigenvalue weighted by atomic mass is 16.5. The van der Waals surface area contributed by atoms with Gasteiger partial charge in [-0.3, -0.25) is 4.79 Å². The van der Waals surface area contributed by atoms with Crippen LogP contribution in [0.5, 0.6) is 0 Å². The van der Waals surface area contributed by atoms with Crippen molar-refractivity contribution in [2.45, 2.75) is 32.5 Å². The summed E-state index contributed by atoms with van der Waals surface area (Å²) >= 11 is 0. The number of ether oxygens (including phenoxy) is 1. The predicted molar refractivity (Wildman–Crippen MR) is 99.0 cm³/mol. The van der Waals surface area contributed by atoms with E-state index in [1.54, 1.807) is 6.20 Å². The van der Waals surface area contributed by atoms with Crippen molar-refractivity contribution in [1.82, 2.24) is 15.2 Å². The fourth-order valence-electron chi connectivity index (χ4n) is 3.34. The van der Waals surface area contributed by atoms with Crippen LogP contribution in [-0.2, 0) is 4.74 Å². The molecule has 2 aliphatic rings. The van der Waals surface area contributed by atoms with Gasteiger partial charge in [0.15, 0.2) is 0 Å². The molecule has 3 rings (SSSR count). The molecule has 0 aromatic carbocycles. The van der Waals surface area contributed by atoms with Gasteiger partial charge in [0.1, 0.15) is 5.82 Å². The second-order valence-electron chi connectivity index (χ2n) is 7.12. The monoisotopic (exact) mass is 344 g/mol. The topological polar surface area (TPSA) is 57.7 Å². The van der Waals surface area contributed by atoms with E-state index in [9.17, 15) is 4.79 Å². The van der Waals surface area contributed by atoms with Gasteiger partial charge in [0.25, 0.3) is 5.91 Å². The van der Waals surface area contributed by atoms with E-state index in [1.165, 1.54) is 5.57 Å². The Morgan fingerprint density at radius 3 is 2.68 bits per heavy atom. The van der Waals surface area contributed by atoms with Crippen molar-refractivity contribution < 1.29 is 9.53 Å². The second kappa shape index (κ2) is 7.97. The minimum Gasteiger partial charge on any atom is -0.372 e. The Balaban J connectivity index is 1.55. The first kappa shape index (κ1) is 17.9. The number of likely N-dealkylation sites (N-methyl/N-ethyl adjacent to an activating group) is 1. The summed E-state index contributed by atoms with van der Waals surface area (Å²) in [6, 6.07) is 3.78. The number of carbonyl (C=O) groups is 1. The number of hydrogen-bond donors (Lipinski definition) is 1. The van der Waals surface area contributed by atoms with E-state index < -0.39 is 0 Å². The molecule has 2 unspecified atom stereocenters. The molecule has 0 radical (unpaired) electrons. The van der Waals surface area contributed by atoms with Crippen molar-refractivity contribution in [3.8, 4) is 0 Å². The maximum atomic E-state index is 12.3. The number of morpholine rings is 1. The third-order valence-corrected chi connectivity index (χ3v) is 4.74. The van der Waals surface area contributed by atoms with E-state index in [1.807, 2.05) is 12.1 Å². The van der Waals surface area contributed by atoms with Crippen molar-refractivity contribution in [1.29, 1.82) is 0 Å². The standard InChI is InChI=1S/C19H28N4O2/c1-14-12-23(13-15(2)25-14)18-5-4-17(11-20-18)19(24)21-10-16-6-8-22(3)9-7-16/h4-6,11,14-15H,7-10,12-13H2,1-3H3,(H,21,24). The molecule has 6 heteroatoms. The fraction of sp³-hybridized carbons (Fsp3) is 0.579. The van der Waals surface area contributed by atoms with Gasteiger partial charge in [0.2, 0.25) is 0 Å². The van der Waals surface area contributed by atoms with Crippen LogP contribution in [0.3, 0.4) is 0 Å². The van der Waals surface area contributed by atoms with Crippen LogP contribution in [0, 0.1) is 0 Å². The van der Waals surface area contributed by atoms with Crippen LogP contribution in [0.4, 0.5) is 5.82 Å². The van der Waals surface area contributed by atoms with Crippen LogP contribution < -0.4 is 10.2 Å². The first-order chi connectivity index (χ1) is 12.0. The summed E-state index contributed by atoms with van der Waals surface area (Å²) in [4.78, 5) is 21.3. The lowest BCUT2D eigenvalue weighted by Gasteiger charge is -2.36. The van der Waals surface area contributed by atoms with Crippen LogP contribution in [0.15, 0.2) is 30.0 Å². The molecule has 6 nitrogen and oxygen atoms in total. The fourth-order valence-corrected chi connectivity index (χ4v) is 3.34. The lowest BCUT2D eigenvalue weighted by atomic mass is 10.1. The average molecular weight is 344 g/mol. The summed E-state index contributed by atoms with van der Waals surface area (Å²) < 4.78 is 5.75. The number of rotatable bonds is 4. The highest BCUT2D eigenvalue weighted by Gasteiger charge is 2.23. The van der Waals surface area contributed by atoms with Crippen molar-refractivity contribution in [3.05, 3.63) is 35.5 Å². The van der Waals surface area contributed by atoms with Gasteiger partial charge in [-0.1, -0.05) is 11.6 Å². The van der Waals surface area contributed by atoms with Crippen LogP contribution in [0.1, 0.15) is 30.6 Å². The van der Waals surface area contributed by atoms with Gasteiger partial charge in [0.05, 0.1) is 17.8 Å². The molecule has 1 amide bonds. The van der Waals surface area contributed by atoms with E-state index >= 15 is 0 Å². The number of pyridine rings is 1. The van der Waals surface area contributed by atoms with E-state index in [4.69, 9.17) is 4.74 Å². The summed E-state index contributed by atoms with van der Waals surface area (Å²) in [5, 5.41) is 3.00. The van der Waals surface area contributed by atoms with Gasteiger partial charge < -0.3 is 19.9 Å². The molecule has 136 valence electrons. The summed E-state index contributed by atoms with van der Waals surface area (Å²) in [5.74, 6) is 0.833. The molecule has 0 bridgehead atoms. The Kier molecular flexibility index (Phi) is 5.71. The van der Waals surface area contributed by atoms with Crippen LogP contribution >= 0.6 is 0 Å². The summed E-state index contributed by atoms with van der Waals surface area (Å²) in [7, 11) is 2.11. The first-order valence-corrected chi connectivity index (χ1v) is 9.02. The average Bonchev–Trinajstić information content (AvgIpc) is 2.60. The molecule has 2 atom stereocenters. The third kappa shape index (κ3) is 4.80. The summed E-state index contributed by atoms with van der Waals surface area (Å²) in [6.45, 7) is 8.42. The van der Waals surface area contributed by atoms with Gasteiger partial charge in [-0.2, -0.15) is 0 Å². The molecule has 25 heavy (non-hydrogen) atoms. The first-order valence-electron chi connectivity index (χ1n) is 9.02. The molecule has 0 saturated carbocycles. The number of hydrogen-bond acceptors (Lipinski definition) is 5. The SMILES string of the molecule is CC1CN(c2ccc(C(=O)NCC3=CCN(C)CC3)cn2)CC(C)O1. The van der Waals surface area contributed by atoms with Gasteiger partial charge in [-0.15, -0.1) is 0 Å². The van der Waals surface area contributed by atoms with Crippen molar-refractivity contribution in [3.63, 3.8) is 0 Å². The molecular weight excluding hydrogens is 316 g/mol. The number of amides is 1. The number of anilines is 1. The predicted octanol–water partition coefficient (Wildman–Crippen LogP) is 1.69. The molecule has 1 aromatic rings. The molecule has 2 aliphatic heterocycles. The Labute approximate surface area is 149 Å². The zero-order valence-electron chi connectivity index (χ0n) is 15.4. The number of nitrogens with one attached hydrogen (secondary N) is 1. The number of nitrogens with zero attached hydrogens (tertiary/aromatic N) is 3. The smallest absolute Gasteiger partial charge is 0.253 e. The van der Waals surface area contributed by atoms with Crippen molar-refractivity contribution >= 4 is 11.7 Å². The highest BCUT2D eigenvalue weighted by molar-refractivity contribution is 5.94. The maximum Gasteiger partial charge on any atom is 0.253 e. The minimum absolute atomic E-state index is 0.0670. The molecule has 1 saturated heterocycles. The lowest BCUT2D eigenvalue weighted by molar-refractivity contribution is -0.00546.